The molecule has 5 nitrogen and oxygen atoms in total. The summed E-state index contributed by atoms with van der Waals surface area (Å²) in [6.45, 7) is 5.59. The van der Waals surface area contributed by atoms with Gasteiger partial charge in [0.2, 0.25) is 0 Å². The van der Waals surface area contributed by atoms with Crippen LogP contribution in [0.15, 0.2) is 10.6 Å². The van der Waals surface area contributed by atoms with Gasteiger partial charge in [-0.15, -0.1) is 0 Å². The summed E-state index contributed by atoms with van der Waals surface area (Å²) >= 11 is 1.65. The smallest absolute Gasteiger partial charge is 0.407 e. The number of nitrogens with two attached hydrogens (primary N) is 1. The van der Waals surface area contributed by atoms with E-state index in [1.165, 1.54) is 10.6 Å². The molecule has 0 spiro atoms. The lowest BCUT2D eigenvalue weighted by Crippen LogP contribution is -2.40. The molecular weight excluding hydrogens is 250 g/mol. The molecule has 1 aliphatic heterocycles. The fourth-order valence-electron chi connectivity index (χ4n) is 2.13. The maximum atomic E-state index is 11.7. The number of hydrogen-bond acceptors (Lipinski definition) is 5. The zero-order valence-electron chi connectivity index (χ0n) is 11.1. The summed E-state index contributed by atoms with van der Waals surface area (Å²) in [7, 11) is 0. The third kappa shape index (κ3) is 3.55. The van der Waals surface area contributed by atoms with Crippen molar-refractivity contribution in [2.45, 2.75) is 57.2 Å². The normalized spacial score (nSPS) is 27.6. The second kappa shape index (κ2) is 5.01. The number of rotatable bonds is 1. The molecule has 1 aliphatic carbocycles. The van der Waals surface area contributed by atoms with Crippen LogP contribution in [0.3, 0.4) is 0 Å². The molecular formula is C12H21N3O2S. The van der Waals surface area contributed by atoms with Crippen LogP contribution in [-0.4, -0.2) is 23.2 Å². The van der Waals surface area contributed by atoms with Gasteiger partial charge in [0.05, 0.1) is 0 Å². The number of alkyl carbamates (subject to hydrolysis) is 1. The highest BCUT2D eigenvalue weighted by molar-refractivity contribution is 8.03. The molecule has 1 heterocycles. The highest BCUT2D eigenvalue weighted by Gasteiger charge is 2.29. The van der Waals surface area contributed by atoms with Gasteiger partial charge >= 0.3 is 6.09 Å². The molecule has 1 amide bonds. The first-order chi connectivity index (χ1) is 8.33. The van der Waals surface area contributed by atoms with Crippen LogP contribution in [0.2, 0.25) is 0 Å². The van der Waals surface area contributed by atoms with Crippen LogP contribution < -0.4 is 16.4 Å². The average Bonchev–Trinajstić information content (AvgIpc) is 2.53. The molecule has 102 valence electrons. The summed E-state index contributed by atoms with van der Waals surface area (Å²) in [6.07, 6.45) is 2.38. The van der Waals surface area contributed by atoms with Gasteiger partial charge in [0.25, 0.3) is 0 Å². The van der Waals surface area contributed by atoms with Gasteiger partial charge in [0.15, 0.2) is 0 Å². The summed E-state index contributed by atoms with van der Waals surface area (Å²) in [6, 6.07) is 0.151. The molecule has 0 saturated carbocycles. The second-order valence-corrected chi connectivity index (χ2v) is 6.91. The maximum Gasteiger partial charge on any atom is 0.407 e. The molecule has 2 atom stereocenters. The van der Waals surface area contributed by atoms with Gasteiger partial charge < -0.3 is 21.1 Å². The van der Waals surface area contributed by atoms with E-state index in [9.17, 15) is 4.79 Å². The Morgan fingerprint density at radius 3 is 2.94 bits per heavy atom. The molecule has 0 saturated heterocycles. The lowest BCUT2D eigenvalue weighted by Gasteiger charge is -2.26. The zero-order chi connectivity index (χ0) is 13.3. The van der Waals surface area contributed by atoms with Crippen molar-refractivity contribution in [3.63, 3.8) is 0 Å². The Morgan fingerprint density at radius 1 is 1.56 bits per heavy atom. The Kier molecular flexibility index (Phi) is 3.77. The predicted molar refractivity (Wildman–Crippen MR) is 72.7 cm³/mol. The Balaban J connectivity index is 1.84. The first-order valence-corrected chi connectivity index (χ1v) is 7.12. The first kappa shape index (κ1) is 13.5. The summed E-state index contributed by atoms with van der Waals surface area (Å²) < 4.78 is 5.26. The number of ether oxygens (including phenoxy) is 1. The van der Waals surface area contributed by atoms with Crippen molar-refractivity contribution < 1.29 is 9.53 Å². The predicted octanol–water partition coefficient (Wildman–Crippen LogP) is 1.85. The summed E-state index contributed by atoms with van der Waals surface area (Å²) in [5.41, 5.74) is 6.59. The fourth-order valence-corrected chi connectivity index (χ4v) is 3.24. The van der Waals surface area contributed by atoms with E-state index in [1.54, 1.807) is 11.8 Å². The largest absolute Gasteiger partial charge is 0.444 e. The number of amides is 1. The molecule has 0 bridgehead atoms. The third-order valence-corrected chi connectivity index (χ3v) is 3.89. The van der Waals surface area contributed by atoms with E-state index in [4.69, 9.17) is 10.5 Å². The van der Waals surface area contributed by atoms with Gasteiger partial charge in [-0.3, -0.25) is 0 Å². The Hall–Kier alpha value is -0.880. The van der Waals surface area contributed by atoms with Crippen molar-refractivity contribution >= 4 is 17.9 Å². The lowest BCUT2D eigenvalue weighted by atomic mass is 9.99. The highest BCUT2D eigenvalue weighted by atomic mass is 32.2. The number of nitrogens with one attached hydrogen (secondary N) is 2. The van der Waals surface area contributed by atoms with Crippen molar-refractivity contribution in [1.82, 2.24) is 10.6 Å². The fraction of sp³-hybridized carbons (Fsp3) is 0.750. The minimum Gasteiger partial charge on any atom is -0.444 e. The van der Waals surface area contributed by atoms with E-state index in [2.05, 4.69) is 10.6 Å². The van der Waals surface area contributed by atoms with Crippen LogP contribution in [0.4, 0.5) is 4.79 Å². The summed E-state index contributed by atoms with van der Waals surface area (Å²) in [4.78, 5) is 13.0. The molecule has 0 aromatic heterocycles. The van der Waals surface area contributed by atoms with Crippen LogP contribution in [0.1, 0.15) is 40.0 Å². The third-order valence-electron chi connectivity index (χ3n) is 2.82. The van der Waals surface area contributed by atoms with E-state index in [0.29, 0.717) is 0 Å². The van der Waals surface area contributed by atoms with Crippen molar-refractivity contribution in [3.8, 4) is 0 Å². The molecule has 0 radical (unpaired) electrons. The molecule has 6 heteroatoms. The highest BCUT2D eigenvalue weighted by Crippen LogP contribution is 2.37. The van der Waals surface area contributed by atoms with Gasteiger partial charge in [-0.25, -0.2) is 4.79 Å². The summed E-state index contributed by atoms with van der Waals surface area (Å²) in [5.74, 6) is 0. The van der Waals surface area contributed by atoms with E-state index in [-0.39, 0.29) is 17.6 Å². The van der Waals surface area contributed by atoms with Crippen LogP contribution in [0.5, 0.6) is 0 Å². The topological polar surface area (TPSA) is 76.4 Å². The molecule has 0 aromatic rings. The van der Waals surface area contributed by atoms with E-state index >= 15 is 0 Å². The van der Waals surface area contributed by atoms with Crippen LogP contribution in [-0.2, 0) is 4.74 Å². The lowest BCUT2D eigenvalue weighted by molar-refractivity contribution is 0.0501. The summed E-state index contributed by atoms with van der Waals surface area (Å²) in [5, 5.41) is 6.17. The molecule has 2 aliphatic rings. The molecule has 0 fully saturated rings. The molecule has 2 rings (SSSR count). The van der Waals surface area contributed by atoms with Crippen LogP contribution >= 0.6 is 11.8 Å². The number of thioether (sulfide) groups is 1. The molecule has 2 unspecified atom stereocenters. The average molecular weight is 271 g/mol. The van der Waals surface area contributed by atoms with Crippen LogP contribution in [0, 0.1) is 0 Å². The van der Waals surface area contributed by atoms with Gasteiger partial charge in [-0.2, -0.15) is 0 Å². The monoisotopic (exact) mass is 271 g/mol. The standard InChI is InChI=1S/C12H21N3O2S/c1-12(2,3)17-11(16)14-7-4-5-8-9(6-7)18-10(13)15-8/h7,10,15H,4-6,13H2,1-3H3,(H,14,16). The van der Waals surface area contributed by atoms with Crippen molar-refractivity contribution in [2.24, 2.45) is 5.73 Å². The second-order valence-electron chi connectivity index (χ2n) is 5.67. The molecule has 4 N–H and O–H groups in total. The minimum absolute atomic E-state index is 0.0322. The van der Waals surface area contributed by atoms with Crippen LogP contribution in [0.25, 0.3) is 0 Å². The number of carbonyl (C=O) groups excluding carboxylic acids is 1. The van der Waals surface area contributed by atoms with Gasteiger partial charge in [0.1, 0.15) is 11.1 Å². The minimum atomic E-state index is -0.449. The van der Waals surface area contributed by atoms with E-state index in [1.807, 2.05) is 20.8 Å². The quantitative estimate of drug-likeness (QED) is 0.678. The number of allylic oxidation sites excluding steroid dienone is 1. The number of hydrogen-bond donors (Lipinski definition) is 3. The Morgan fingerprint density at radius 2 is 2.28 bits per heavy atom. The van der Waals surface area contributed by atoms with E-state index in [0.717, 1.165) is 19.3 Å². The zero-order valence-corrected chi connectivity index (χ0v) is 11.9. The van der Waals surface area contributed by atoms with Crippen molar-refractivity contribution in [2.75, 3.05) is 0 Å². The van der Waals surface area contributed by atoms with Gasteiger partial charge in [-0.05, 0) is 33.6 Å². The van der Waals surface area contributed by atoms with E-state index < -0.39 is 5.60 Å². The number of carbonyl (C=O) groups is 1. The first-order valence-electron chi connectivity index (χ1n) is 6.24. The van der Waals surface area contributed by atoms with Gasteiger partial charge in [-0.1, -0.05) is 11.8 Å². The maximum absolute atomic E-state index is 11.7. The van der Waals surface area contributed by atoms with Gasteiger partial charge in [0, 0.05) is 23.1 Å². The Labute approximate surface area is 112 Å². The van der Waals surface area contributed by atoms with Crippen molar-refractivity contribution in [3.05, 3.63) is 10.6 Å². The Bertz CT molecular complexity index is 376. The molecule has 0 aromatic carbocycles. The molecule has 18 heavy (non-hydrogen) atoms. The SMILES string of the molecule is CC(C)(C)OC(=O)NC1CCC2=C(C1)SC(N)N2. The van der Waals surface area contributed by atoms with Crippen molar-refractivity contribution in [1.29, 1.82) is 0 Å².